The van der Waals surface area contributed by atoms with Crippen LogP contribution >= 0.6 is 27.3 Å². The average molecular weight is 332 g/mol. The van der Waals surface area contributed by atoms with E-state index in [1.807, 2.05) is 26.8 Å². The molecule has 2 heterocycles. The zero-order valence-electron chi connectivity index (χ0n) is 11.0. The molecule has 3 nitrogen and oxygen atoms in total. The summed E-state index contributed by atoms with van der Waals surface area (Å²) in [6.07, 6.45) is 2.96. The van der Waals surface area contributed by atoms with Gasteiger partial charge >= 0.3 is 6.09 Å². The van der Waals surface area contributed by atoms with Crippen LogP contribution in [0.1, 0.15) is 38.5 Å². The molecule has 0 saturated heterocycles. The van der Waals surface area contributed by atoms with E-state index in [-0.39, 0.29) is 6.09 Å². The standard InChI is InChI=1S/C13H18BrNO2S/c1-13(2,3)17-12(16)15-7-5-4-6-10-9(15)8-11(14)18-10/h8H,4-7H2,1-3H3. The van der Waals surface area contributed by atoms with Gasteiger partial charge in [-0.2, -0.15) is 0 Å². The first-order valence-corrected chi connectivity index (χ1v) is 7.76. The topological polar surface area (TPSA) is 29.5 Å². The van der Waals surface area contributed by atoms with Crippen LogP contribution in [0, 0.1) is 0 Å². The van der Waals surface area contributed by atoms with Gasteiger partial charge in [0.25, 0.3) is 0 Å². The average Bonchev–Trinajstić information content (AvgIpc) is 2.45. The monoisotopic (exact) mass is 331 g/mol. The molecule has 0 saturated carbocycles. The SMILES string of the molecule is CC(C)(C)OC(=O)N1CCCCc2sc(Br)cc21. The summed E-state index contributed by atoms with van der Waals surface area (Å²) in [5.74, 6) is 0. The van der Waals surface area contributed by atoms with E-state index in [1.54, 1.807) is 16.2 Å². The third-order valence-electron chi connectivity index (χ3n) is 2.70. The second-order valence-corrected chi connectivity index (χ2v) is 7.96. The number of rotatable bonds is 0. The Balaban J connectivity index is 2.24. The number of nitrogens with zero attached hydrogens (tertiary/aromatic N) is 1. The smallest absolute Gasteiger partial charge is 0.414 e. The van der Waals surface area contributed by atoms with Crippen LogP contribution < -0.4 is 4.90 Å². The maximum atomic E-state index is 12.2. The molecular formula is C13H18BrNO2S. The van der Waals surface area contributed by atoms with Crippen molar-refractivity contribution < 1.29 is 9.53 Å². The molecule has 1 amide bonds. The minimum absolute atomic E-state index is 0.240. The van der Waals surface area contributed by atoms with Gasteiger partial charge in [-0.1, -0.05) is 0 Å². The number of hydrogen-bond donors (Lipinski definition) is 0. The predicted octanol–water partition coefficient (Wildman–Crippen LogP) is 4.59. The molecule has 1 aromatic heterocycles. The van der Waals surface area contributed by atoms with Gasteiger partial charge in [0.1, 0.15) is 5.60 Å². The molecule has 18 heavy (non-hydrogen) atoms. The zero-order chi connectivity index (χ0) is 13.3. The Morgan fingerprint density at radius 1 is 1.44 bits per heavy atom. The molecule has 2 rings (SSSR count). The normalized spacial score (nSPS) is 16.1. The first-order valence-electron chi connectivity index (χ1n) is 6.15. The predicted molar refractivity (Wildman–Crippen MR) is 78.5 cm³/mol. The lowest BCUT2D eigenvalue weighted by Gasteiger charge is -2.26. The molecule has 0 radical (unpaired) electrons. The molecule has 0 atom stereocenters. The van der Waals surface area contributed by atoms with Gasteiger partial charge in [-0.05, 0) is 62.0 Å². The fourth-order valence-corrected chi connectivity index (χ4v) is 3.71. The second-order valence-electron chi connectivity index (χ2n) is 5.45. The van der Waals surface area contributed by atoms with E-state index < -0.39 is 5.60 Å². The Hall–Kier alpha value is -0.550. The van der Waals surface area contributed by atoms with Crippen molar-refractivity contribution in [2.45, 2.75) is 45.6 Å². The Morgan fingerprint density at radius 2 is 2.17 bits per heavy atom. The lowest BCUT2D eigenvalue weighted by molar-refractivity contribution is 0.0580. The van der Waals surface area contributed by atoms with E-state index in [0.717, 1.165) is 35.3 Å². The highest BCUT2D eigenvalue weighted by atomic mass is 79.9. The number of thiophene rings is 1. The van der Waals surface area contributed by atoms with E-state index >= 15 is 0 Å². The molecule has 1 aliphatic heterocycles. The number of fused-ring (bicyclic) bond motifs is 1. The molecule has 0 bridgehead atoms. The Kier molecular flexibility index (Phi) is 4.02. The van der Waals surface area contributed by atoms with Crippen molar-refractivity contribution in [1.82, 2.24) is 0 Å². The maximum Gasteiger partial charge on any atom is 0.414 e. The van der Waals surface area contributed by atoms with Gasteiger partial charge in [-0.25, -0.2) is 4.79 Å². The highest BCUT2D eigenvalue weighted by Gasteiger charge is 2.27. The van der Waals surface area contributed by atoms with E-state index in [0.29, 0.717) is 0 Å². The molecule has 0 fully saturated rings. The first kappa shape index (κ1) is 13.9. The summed E-state index contributed by atoms with van der Waals surface area (Å²) in [5.41, 5.74) is 0.565. The highest BCUT2D eigenvalue weighted by Crippen LogP contribution is 2.37. The summed E-state index contributed by atoms with van der Waals surface area (Å²) < 4.78 is 6.55. The van der Waals surface area contributed by atoms with Gasteiger partial charge < -0.3 is 4.74 Å². The summed E-state index contributed by atoms with van der Waals surface area (Å²) >= 11 is 5.21. The van der Waals surface area contributed by atoms with Crippen LogP contribution in [-0.2, 0) is 11.2 Å². The molecule has 0 spiro atoms. The van der Waals surface area contributed by atoms with E-state index in [9.17, 15) is 4.79 Å². The molecule has 0 aliphatic carbocycles. The summed E-state index contributed by atoms with van der Waals surface area (Å²) in [6, 6.07) is 2.02. The van der Waals surface area contributed by atoms with Crippen molar-refractivity contribution in [3.05, 3.63) is 14.7 Å². The number of ether oxygens (including phenoxy) is 1. The first-order chi connectivity index (χ1) is 8.37. The van der Waals surface area contributed by atoms with Crippen molar-refractivity contribution in [3.8, 4) is 0 Å². The van der Waals surface area contributed by atoms with E-state index in [4.69, 9.17) is 4.74 Å². The molecule has 100 valence electrons. The number of carbonyl (C=O) groups is 1. The molecule has 1 aromatic rings. The highest BCUT2D eigenvalue weighted by molar-refractivity contribution is 9.11. The number of halogens is 1. The number of hydrogen-bond acceptors (Lipinski definition) is 3. The van der Waals surface area contributed by atoms with Crippen LogP contribution in [0.2, 0.25) is 0 Å². The Bertz CT molecular complexity index is 450. The minimum Gasteiger partial charge on any atom is -0.443 e. The Labute approximate surface area is 120 Å². The van der Waals surface area contributed by atoms with Crippen molar-refractivity contribution in [2.75, 3.05) is 11.4 Å². The van der Waals surface area contributed by atoms with Crippen molar-refractivity contribution in [1.29, 1.82) is 0 Å². The minimum atomic E-state index is -0.448. The van der Waals surface area contributed by atoms with Crippen LogP contribution in [0.5, 0.6) is 0 Å². The second kappa shape index (κ2) is 5.21. The van der Waals surface area contributed by atoms with Gasteiger partial charge in [0.05, 0.1) is 9.47 Å². The zero-order valence-corrected chi connectivity index (χ0v) is 13.4. The van der Waals surface area contributed by atoms with Crippen LogP contribution in [-0.4, -0.2) is 18.2 Å². The fourth-order valence-electron chi connectivity index (χ4n) is 1.98. The van der Waals surface area contributed by atoms with Crippen LogP contribution in [0.25, 0.3) is 0 Å². The maximum absolute atomic E-state index is 12.2. The number of carbonyl (C=O) groups excluding carboxylic acids is 1. The quantitative estimate of drug-likeness (QED) is 0.695. The molecular weight excluding hydrogens is 314 g/mol. The van der Waals surface area contributed by atoms with E-state index in [2.05, 4.69) is 15.9 Å². The molecule has 0 aromatic carbocycles. The third-order valence-corrected chi connectivity index (χ3v) is 4.38. The summed E-state index contributed by atoms with van der Waals surface area (Å²) in [7, 11) is 0. The molecule has 5 heteroatoms. The molecule has 0 unspecified atom stereocenters. The Morgan fingerprint density at radius 3 is 2.83 bits per heavy atom. The molecule has 1 aliphatic rings. The summed E-state index contributed by atoms with van der Waals surface area (Å²) in [4.78, 5) is 15.3. The largest absolute Gasteiger partial charge is 0.443 e. The van der Waals surface area contributed by atoms with Gasteiger partial charge in [0.2, 0.25) is 0 Å². The number of anilines is 1. The summed E-state index contributed by atoms with van der Waals surface area (Å²) in [5, 5.41) is 0. The third kappa shape index (κ3) is 3.26. The molecule has 0 N–H and O–H groups in total. The van der Waals surface area contributed by atoms with Crippen molar-refractivity contribution >= 4 is 39.0 Å². The van der Waals surface area contributed by atoms with Gasteiger partial charge in [-0.3, -0.25) is 4.90 Å². The lowest BCUT2D eigenvalue weighted by atomic mass is 10.2. The van der Waals surface area contributed by atoms with Crippen molar-refractivity contribution in [3.63, 3.8) is 0 Å². The van der Waals surface area contributed by atoms with Crippen LogP contribution in [0.3, 0.4) is 0 Å². The number of amides is 1. The summed E-state index contributed by atoms with van der Waals surface area (Å²) in [6.45, 7) is 6.43. The number of aryl methyl sites for hydroxylation is 1. The lowest BCUT2D eigenvalue weighted by Crippen LogP contribution is -2.37. The van der Waals surface area contributed by atoms with Crippen LogP contribution in [0.4, 0.5) is 10.5 Å². The fraction of sp³-hybridized carbons (Fsp3) is 0.615. The van der Waals surface area contributed by atoms with Gasteiger partial charge in [0, 0.05) is 11.4 Å². The van der Waals surface area contributed by atoms with E-state index in [1.165, 1.54) is 4.88 Å². The van der Waals surface area contributed by atoms with Crippen LogP contribution in [0.15, 0.2) is 9.85 Å². The van der Waals surface area contributed by atoms with Gasteiger partial charge in [0.15, 0.2) is 0 Å². The van der Waals surface area contributed by atoms with Gasteiger partial charge in [-0.15, -0.1) is 11.3 Å². The van der Waals surface area contributed by atoms with Crippen molar-refractivity contribution in [2.24, 2.45) is 0 Å².